The summed E-state index contributed by atoms with van der Waals surface area (Å²) in [5.74, 6) is -0.115. The molecule has 6 nitrogen and oxygen atoms in total. The fourth-order valence-corrected chi connectivity index (χ4v) is 2.77. The minimum absolute atomic E-state index is 0.191. The molecule has 1 aromatic carbocycles. The molecule has 2 aromatic rings. The van der Waals surface area contributed by atoms with Crippen molar-refractivity contribution in [3.05, 3.63) is 52.7 Å². The van der Waals surface area contributed by atoms with Crippen LogP contribution in [0.3, 0.4) is 0 Å². The van der Waals surface area contributed by atoms with E-state index in [1.807, 2.05) is 13.0 Å². The minimum atomic E-state index is -2.56. The van der Waals surface area contributed by atoms with Gasteiger partial charge in [0.15, 0.2) is 0 Å². The molecule has 0 aliphatic rings. The molecule has 0 bridgehead atoms. The lowest BCUT2D eigenvalue weighted by atomic mass is 10.0. The van der Waals surface area contributed by atoms with Gasteiger partial charge in [-0.25, -0.2) is 13.8 Å². The first-order chi connectivity index (χ1) is 14.0. The van der Waals surface area contributed by atoms with Gasteiger partial charge in [0, 0.05) is 17.2 Å². The van der Waals surface area contributed by atoms with Crippen LogP contribution in [0.25, 0.3) is 0 Å². The van der Waals surface area contributed by atoms with Gasteiger partial charge in [-0.05, 0) is 56.2 Å². The third-order valence-electron chi connectivity index (χ3n) is 4.29. The first-order valence-electron chi connectivity index (χ1n) is 9.68. The number of halogens is 2. The monoisotopic (exact) mass is 419 g/mol. The molecule has 0 saturated heterocycles. The number of nitrogens with zero attached hydrogens (tertiary/aromatic N) is 1. The lowest BCUT2D eigenvalue weighted by molar-refractivity contribution is -0.118. The summed E-state index contributed by atoms with van der Waals surface area (Å²) >= 11 is 0. The van der Waals surface area contributed by atoms with Gasteiger partial charge in [-0.3, -0.25) is 9.59 Å². The maximum Gasteiger partial charge on any atom is 0.272 e. The summed E-state index contributed by atoms with van der Waals surface area (Å²) in [5.41, 5.74) is 2.51. The van der Waals surface area contributed by atoms with Gasteiger partial charge in [-0.15, -0.1) is 0 Å². The molecule has 1 unspecified atom stereocenters. The highest BCUT2D eigenvalue weighted by atomic mass is 19.3. The Morgan fingerprint density at radius 3 is 2.40 bits per heavy atom. The van der Waals surface area contributed by atoms with E-state index < -0.39 is 19.1 Å². The molecule has 30 heavy (non-hydrogen) atoms. The number of carbonyl (C=O) groups excluding carboxylic acids is 2. The summed E-state index contributed by atoms with van der Waals surface area (Å²) < 4.78 is 29.9. The van der Waals surface area contributed by atoms with E-state index in [1.54, 1.807) is 45.9 Å². The summed E-state index contributed by atoms with van der Waals surface area (Å²) in [7, 11) is 0. The Hall–Kier alpha value is -3.03. The summed E-state index contributed by atoms with van der Waals surface area (Å²) in [4.78, 5) is 28.9. The van der Waals surface area contributed by atoms with E-state index in [-0.39, 0.29) is 17.7 Å². The number of rotatable bonds is 8. The van der Waals surface area contributed by atoms with Crippen LogP contribution < -0.4 is 15.4 Å². The number of benzene rings is 1. The van der Waals surface area contributed by atoms with Crippen LogP contribution in [0.4, 0.5) is 14.6 Å². The molecule has 0 aliphatic carbocycles. The molecule has 0 radical (unpaired) electrons. The number of ether oxygens (including phenoxy) is 1. The van der Waals surface area contributed by atoms with Gasteiger partial charge in [-0.1, -0.05) is 19.9 Å². The number of hydrogen-bond donors (Lipinski definition) is 2. The van der Waals surface area contributed by atoms with Crippen LogP contribution in [-0.4, -0.2) is 29.8 Å². The molecule has 8 heteroatoms. The minimum Gasteiger partial charge on any atom is -0.488 e. The van der Waals surface area contributed by atoms with Crippen LogP contribution in [0.2, 0.25) is 0 Å². The summed E-state index contributed by atoms with van der Waals surface area (Å²) in [6.45, 7) is 8.19. The number of amides is 2. The van der Waals surface area contributed by atoms with Crippen molar-refractivity contribution >= 4 is 17.6 Å². The number of nitrogens with one attached hydrogen (secondary N) is 2. The van der Waals surface area contributed by atoms with Crippen molar-refractivity contribution in [2.45, 2.75) is 47.1 Å². The van der Waals surface area contributed by atoms with Crippen molar-refractivity contribution in [3.63, 3.8) is 0 Å². The van der Waals surface area contributed by atoms with Crippen molar-refractivity contribution in [1.29, 1.82) is 0 Å². The maximum atomic E-state index is 12.8. The highest BCUT2D eigenvalue weighted by Gasteiger charge is 2.16. The Kier molecular flexibility index (Phi) is 7.86. The first kappa shape index (κ1) is 23.3. The molecule has 0 saturated carbocycles. The highest BCUT2D eigenvalue weighted by molar-refractivity contribution is 5.97. The molecule has 2 N–H and O–H groups in total. The normalized spacial score (nSPS) is 12.0. The first-order valence-corrected chi connectivity index (χ1v) is 9.68. The zero-order chi connectivity index (χ0) is 22.4. The zero-order valence-corrected chi connectivity index (χ0v) is 17.8. The molecule has 1 atom stereocenters. The van der Waals surface area contributed by atoms with Crippen LogP contribution in [-0.2, 0) is 4.79 Å². The van der Waals surface area contributed by atoms with Crippen molar-refractivity contribution in [2.24, 2.45) is 5.92 Å². The largest absolute Gasteiger partial charge is 0.488 e. The van der Waals surface area contributed by atoms with Gasteiger partial charge in [-0.2, -0.15) is 0 Å². The van der Waals surface area contributed by atoms with E-state index in [4.69, 9.17) is 4.74 Å². The lowest BCUT2D eigenvalue weighted by Gasteiger charge is -2.17. The number of alkyl halides is 2. The molecule has 1 aromatic heterocycles. The standard InChI is InChI=1S/C22H27F2N3O3/c1-12(2)21(28)27-20-10-17(8-14(4)25-20)22(29)26-15(5)16-6-13(3)7-18(9-16)30-11-19(23)24/h6-10,12,15,19H,11H2,1-5H3,(H,26,29)(H,25,27,28). The van der Waals surface area contributed by atoms with Gasteiger partial charge < -0.3 is 15.4 Å². The molecule has 2 amide bonds. The van der Waals surface area contributed by atoms with E-state index in [0.717, 1.165) is 11.1 Å². The third kappa shape index (κ3) is 6.79. The molecule has 0 spiro atoms. The number of aryl methyl sites for hydroxylation is 2. The van der Waals surface area contributed by atoms with Crippen molar-refractivity contribution in [1.82, 2.24) is 10.3 Å². The quantitative estimate of drug-likeness (QED) is 0.663. The maximum absolute atomic E-state index is 12.8. The zero-order valence-electron chi connectivity index (χ0n) is 17.8. The molecular weight excluding hydrogens is 392 g/mol. The van der Waals surface area contributed by atoms with Crippen LogP contribution in [0.15, 0.2) is 30.3 Å². The predicted octanol–water partition coefficient (Wildman–Crippen LogP) is 4.43. The van der Waals surface area contributed by atoms with Gasteiger partial charge >= 0.3 is 0 Å². The van der Waals surface area contributed by atoms with E-state index in [1.165, 1.54) is 6.07 Å². The van der Waals surface area contributed by atoms with Crippen LogP contribution >= 0.6 is 0 Å². The lowest BCUT2D eigenvalue weighted by Crippen LogP contribution is -2.27. The number of carbonyl (C=O) groups is 2. The number of pyridine rings is 1. The molecule has 0 aliphatic heterocycles. The van der Waals surface area contributed by atoms with Gasteiger partial charge in [0.2, 0.25) is 5.91 Å². The van der Waals surface area contributed by atoms with Crippen molar-refractivity contribution in [2.75, 3.05) is 11.9 Å². The fraction of sp³-hybridized carbons (Fsp3) is 0.409. The second-order valence-corrected chi connectivity index (χ2v) is 7.50. The number of aromatic nitrogens is 1. The van der Waals surface area contributed by atoms with E-state index in [2.05, 4.69) is 15.6 Å². The highest BCUT2D eigenvalue weighted by Crippen LogP contribution is 2.23. The second kappa shape index (κ2) is 10.1. The average molecular weight is 419 g/mol. The van der Waals surface area contributed by atoms with Gasteiger partial charge in [0.1, 0.15) is 18.2 Å². The van der Waals surface area contributed by atoms with Crippen molar-refractivity contribution < 1.29 is 23.1 Å². The summed E-state index contributed by atoms with van der Waals surface area (Å²) in [6, 6.07) is 7.90. The van der Waals surface area contributed by atoms with Crippen LogP contribution in [0.1, 0.15) is 54.0 Å². The number of hydrogen-bond acceptors (Lipinski definition) is 4. The summed E-state index contributed by atoms with van der Waals surface area (Å²) in [5, 5.41) is 5.57. The molecule has 0 fully saturated rings. The van der Waals surface area contributed by atoms with Crippen LogP contribution in [0.5, 0.6) is 5.75 Å². The Balaban J connectivity index is 2.15. The fourth-order valence-electron chi connectivity index (χ4n) is 2.77. The number of anilines is 1. The van der Waals surface area contributed by atoms with E-state index >= 15 is 0 Å². The van der Waals surface area contributed by atoms with Crippen molar-refractivity contribution in [3.8, 4) is 5.75 Å². The van der Waals surface area contributed by atoms with Crippen LogP contribution in [0, 0.1) is 19.8 Å². The molecule has 1 heterocycles. The molecular formula is C22H27F2N3O3. The topological polar surface area (TPSA) is 80.3 Å². The second-order valence-electron chi connectivity index (χ2n) is 7.50. The summed E-state index contributed by atoms with van der Waals surface area (Å²) in [6.07, 6.45) is -2.56. The molecule has 2 rings (SSSR count). The van der Waals surface area contributed by atoms with E-state index in [9.17, 15) is 18.4 Å². The Labute approximate surface area is 175 Å². The van der Waals surface area contributed by atoms with Gasteiger partial charge in [0.25, 0.3) is 12.3 Å². The third-order valence-corrected chi connectivity index (χ3v) is 4.29. The SMILES string of the molecule is Cc1cc(OCC(F)F)cc(C(C)NC(=O)c2cc(C)nc(NC(=O)C(C)C)c2)c1. The Bertz CT molecular complexity index is 916. The van der Waals surface area contributed by atoms with E-state index in [0.29, 0.717) is 22.8 Å². The predicted molar refractivity (Wildman–Crippen MR) is 111 cm³/mol. The van der Waals surface area contributed by atoms with Gasteiger partial charge in [0.05, 0.1) is 6.04 Å². The smallest absolute Gasteiger partial charge is 0.272 e. The molecule has 162 valence electrons. The Morgan fingerprint density at radius 1 is 1.07 bits per heavy atom. The average Bonchev–Trinajstić information content (AvgIpc) is 2.65. The Morgan fingerprint density at radius 2 is 1.77 bits per heavy atom.